The van der Waals surface area contributed by atoms with Crippen molar-refractivity contribution in [1.82, 2.24) is 14.8 Å². The summed E-state index contributed by atoms with van der Waals surface area (Å²) in [6.07, 6.45) is 0. The first kappa shape index (κ1) is 26.8. The predicted molar refractivity (Wildman–Crippen MR) is 133 cm³/mol. The molecule has 1 amide bonds. The molecule has 3 rings (SSSR count). The fourth-order valence-electron chi connectivity index (χ4n) is 4.44. The van der Waals surface area contributed by atoms with Gasteiger partial charge in [0.25, 0.3) is 11.7 Å². The van der Waals surface area contributed by atoms with E-state index in [4.69, 9.17) is 14.2 Å². The Bertz CT molecular complexity index is 1210. The maximum absolute atomic E-state index is 13.3. The number of ether oxygens (including phenoxy) is 3. The van der Waals surface area contributed by atoms with Crippen molar-refractivity contribution in [3.63, 3.8) is 0 Å². The number of carbonyl (C=O) groups excluding carboxylic acids is 3. The van der Waals surface area contributed by atoms with Crippen molar-refractivity contribution >= 4 is 23.4 Å². The van der Waals surface area contributed by atoms with E-state index in [2.05, 4.69) is 4.98 Å². The summed E-state index contributed by atoms with van der Waals surface area (Å²) in [5, 5.41) is 11.5. The number of aryl methyl sites for hydroxylation is 1. The quantitative estimate of drug-likeness (QED) is 0.234. The minimum atomic E-state index is -0.871. The van der Waals surface area contributed by atoms with Crippen LogP contribution in [-0.2, 0) is 14.3 Å². The van der Waals surface area contributed by atoms with Crippen LogP contribution < -0.4 is 9.47 Å². The molecule has 194 valence electrons. The van der Waals surface area contributed by atoms with Gasteiger partial charge in [-0.15, -0.1) is 0 Å². The van der Waals surface area contributed by atoms with Crippen molar-refractivity contribution in [2.75, 3.05) is 48.0 Å². The molecule has 1 aromatic carbocycles. The summed E-state index contributed by atoms with van der Waals surface area (Å²) in [6.45, 7) is 5.98. The summed E-state index contributed by atoms with van der Waals surface area (Å²) < 4.78 is 15.9. The summed E-state index contributed by atoms with van der Waals surface area (Å²) in [6, 6.07) is 4.23. The normalized spacial score (nSPS) is 17.1. The van der Waals surface area contributed by atoms with Crippen LogP contribution in [0.4, 0.5) is 0 Å². The molecule has 10 heteroatoms. The number of esters is 1. The van der Waals surface area contributed by atoms with Gasteiger partial charge < -0.3 is 34.1 Å². The molecule has 0 aliphatic carbocycles. The first-order chi connectivity index (χ1) is 17.1. The Morgan fingerprint density at radius 2 is 1.81 bits per heavy atom. The van der Waals surface area contributed by atoms with E-state index in [1.165, 1.54) is 19.1 Å². The van der Waals surface area contributed by atoms with Crippen LogP contribution in [0.2, 0.25) is 0 Å². The maximum atomic E-state index is 13.3. The lowest BCUT2D eigenvalue weighted by Crippen LogP contribution is -2.35. The third kappa shape index (κ3) is 4.81. The summed E-state index contributed by atoms with van der Waals surface area (Å²) in [4.78, 5) is 45.2. The molecule has 1 fully saturated rings. The molecule has 0 spiro atoms. The number of nitrogens with zero attached hydrogens (tertiary/aromatic N) is 2. The summed E-state index contributed by atoms with van der Waals surface area (Å²) in [5.74, 6) is -1.53. The van der Waals surface area contributed by atoms with Crippen molar-refractivity contribution in [2.45, 2.75) is 26.8 Å². The van der Waals surface area contributed by atoms with Crippen LogP contribution in [0.5, 0.6) is 11.5 Å². The van der Waals surface area contributed by atoms with E-state index in [0.29, 0.717) is 34.9 Å². The van der Waals surface area contributed by atoms with Crippen LogP contribution >= 0.6 is 0 Å². The second-order valence-corrected chi connectivity index (χ2v) is 8.76. The van der Waals surface area contributed by atoms with Crippen molar-refractivity contribution < 1.29 is 33.7 Å². The maximum Gasteiger partial charge on any atom is 0.355 e. The second-order valence-electron chi connectivity index (χ2n) is 8.76. The van der Waals surface area contributed by atoms with Gasteiger partial charge in [0.15, 0.2) is 11.5 Å². The van der Waals surface area contributed by atoms with Crippen molar-refractivity contribution in [3.05, 3.63) is 51.9 Å². The number of aromatic amines is 1. The van der Waals surface area contributed by atoms with Crippen LogP contribution in [0.15, 0.2) is 23.8 Å². The first-order valence-electron chi connectivity index (χ1n) is 11.6. The Balaban J connectivity index is 2.24. The highest BCUT2D eigenvalue weighted by atomic mass is 16.5. The molecule has 36 heavy (non-hydrogen) atoms. The summed E-state index contributed by atoms with van der Waals surface area (Å²) in [5.41, 5.74) is 1.87. The van der Waals surface area contributed by atoms with E-state index in [9.17, 15) is 19.5 Å². The SMILES string of the molecule is CCOC(=O)c1[nH]c(C)c(C(O)=C2C(=O)C(=O)N(CCN(C)C)[C@H]2c2ccc(OC)c(OC)c2)c1C. The largest absolute Gasteiger partial charge is 0.507 e. The zero-order valence-electron chi connectivity index (χ0n) is 21.7. The number of carbonyl (C=O) groups is 3. The molecule has 2 heterocycles. The van der Waals surface area contributed by atoms with Gasteiger partial charge in [-0.3, -0.25) is 9.59 Å². The standard InChI is InChI=1S/C26H33N3O7/c1-8-36-26(33)21-14(2)19(15(3)27-21)23(30)20-22(16-9-10-17(34-6)18(13-16)35-7)29(12-11-28(4)5)25(32)24(20)31/h9-10,13,22,27,30H,8,11-12H2,1-7H3/t22-/m0/s1. The number of Topliss-reactive ketones (excluding diaryl/α,β-unsaturated/α-hetero) is 1. The van der Waals surface area contributed by atoms with Gasteiger partial charge in [0.2, 0.25) is 0 Å². The molecule has 1 aliphatic rings. The number of likely N-dealkylation sites (tertiary alicyclic amines) is 1. The zero-order chi connectivity index (χ0) is 26.7. The number of hydrogen-bond acceptors (Lipinski definition) is 8. The number of H-pyrrole nitrogens is 1. The molecule has 1 aliphatic heterocycles. The number of amides is 1. The Morgan fingerprint density at radius 1 is 1.14 bits per heavy atom. The van der Waals surface area contributed by atoms with Crippen LogP contribution in [-0.4, -0.2) is 85.6 Å². The summed E-state index contributed by atoms with van der Waals surface area (Å²) in [7, 11) is 6.74. The van der Waals surface area contributed by atoms with Gasteiger partial charge in [0, 0.05) is 24.3 Å². The lowest BCUT2D eigenvalue weighted by Gasteiger charge is -2.27. The van der Waals surface area contributed by atoms with Crippen LogP contribution in [0.25, 0.3) is 5.76 Å². The second kappa shape index (κ2) is 10.9. The number of hydrogen-bond donors (Lipinski definition) is 2. The van der Waals surface area contributed by atoms with Crippen molar-refractivity contribution in [1.29, 1.82) is 0 Å². The molecule has 2 aromatic rings. The first-order valence-corrected chi connectivity index (χ1v) is 11.6. The van der Waals surface area contributed by atoms with Gasteiger partial charge in [0.1, 0.15) is 11.5 Å². The van der Waals surface area contributed by atoms with E-state index in [1.807, 2.05) is 19.0 Å². The van der Waals surface area contributed by atoms with Gasteiger partial charge in [-0.25, -0.2) is 4.79 Å². The molecule has 0 saturated carbocycles. The van der Waals surface area contributed by atoms with E-state index < -0.39 is 23.7 Å². The number of likely N-dealkylation sites (N-methyl/N-ethyl adjacent to an activating group) is 1. The number of methoxy groups -OCH3 is 2. The molecule has 2 N–H and O–H groups in total. The topological polar surface area (TPSA) is 121 Å². The lowest BCUT2D eigenvalue weighted by molar-refractivity contribution is -0.140. The number of nitrogens with one attached hydrogen (secondary N) is 1. The molecule has 0 radical (unpaired) electrons. The average Bonchev–Trinajstić information content (AvgIpc) is 3.28. The third-order valence-electron chi connectivity index (χ3n) is 6.21. The average molecular weight is 500 g/mol. The molecule has 10 nitrogen and oxygen atoms in total. The lowest BCUT2D eigenvalue weighted by atomic mass is 9.93. The number of ketones is 1. The van der Waals surface area contributed by atoms with Crippen LogP contribution in [0, 0.1) is 13.8 Å². The number of aliphatic hydroxyl groups is 1. The monoisotopic (exact) mass is 499 g/mol. The number of aromatic nitrogens is 1. The predicted octanol–water partition coefficient (Wildman–Crippen LogP) is 2.81. The van der Waals surface area contributed by atoms with Gasteiger partial charge in [-0.2, -0.15) is 0 Å². The highest BCUT2D eigenvalue weighted by molar-refractivity contribution is 6.46. The smallest absolute Gasteiger partial charge is 0.355 e. The molecule has 0 unspecified atom stereocenters. The third-order valence-corrected chi connectivity index (χ3v) is 6.21. The minimum Gasteiger partial charge on any atom is -0.507 e. The van der Waals surface area contributed by atoms with Gasteiger partial charge in [-0.1, -0.05) is 6.07 Å². The van der Waals surface area contributed by atoms with Gasteiger partial charge in [0.05, 0.1) is 32.4 Å². The zero-order valence-corrected chi connectivity index (χ0v) is 21.7. The Kier molecular flexibility index (Phi) is 8.09. The van der Waals surface area contributed by atoms with Crippen molar-refractivity contribution in [3.8, 4) is 11.5 Å². The van der Waals surface area contributed by atoms with Crippen LogP contribution in [0.1, 0.15) is 45.8 Å². The van der Waals surface area contributed by atoms with Crippen LogP contribution in [0.3, 0.4) is 0 Å². The molecule has 1 atom stereocenters. The highest BCUT2D eigenvalue weighted by Gasteiger charge is 2.46. The molecule has 1 saturated heterocycles. The Labute approximate surface area is 210 Å². The number of rotatable bonds is 9. The van der Waals surface area contributed by atoms with Gasteiger partial charge >= 0.3 is 5.97 Å². The summed E-state index contributed by atoms with van der Waals surface area (Å²) >= 11 is 0. The fraction of sp³-hybridized carbons (Fsp3) is 0.423. The number of aliphatic hydroxyl groups excluding tert-OH is 1. The van der Waals surface area contributed by atoms with E-state index in [1.54, 1.807) is 39.0 Å². The molecule has 0 bridgehead atoms. The highest BCUT2D eigenvalue weighted by Crippen LogP contribution is 2.42. The van der Waals surface area contributed by atoms with Crippen molar-refractivity contribution in [2.24, 2.45) is 0 Å². The number of benzene rings is 1. The fourth-order valence-corrected chi connectivity index (χ4v) is 4.44. The van der Waals surface area contributed by atoms with E-state index in [-0.39, 0.29) is 35.7 Å². The van der Waals surface area contributed by atoms with E-state index in [0.717, 1.165) is 0 Å². The molecule has 1 aromatic heterocycles. The van der Waals surface area contributed by atoms with E-state index >= 15 is 0 Å². The minimum absolute atomic E-state index is 0.0633. The molecular weight excluding hydrogens is 466 g/mol. The van der Waals surface area contributed by atoms with Gasteiger partial charge in [-0.05, 0) is 58.1 Å². The molecular formula is C26H33N3O7. The Morgan fingerprint density at radius 3 is 2.39 bits per heavy atom. The Hall–Kier alpha value is -3.79.